The van der Waals surface area contributed by atoms with Crippen LogP contribution in [0.5, 0.6) is 5.75 Å². The zero-order valence-electron chi connectivity index (χ0n) is 9.46. The Kier molecular flexibility index (Phi) is 3.58. The summed E-state index contributed by atoms with van der Waals surface area (Å²) in [6.07, 6.45) is 0. The molecule has 0 bridgehead atoms. The zero-order valence-corrected chi connectivity index (χ0v) is 11.0. The molecule has 0 saturated heterocycles. The van der Waals surface area contributed by atoms with Gasteiger partial charge in [0.15, 0.2) is 0 Å². The summed E-state index contributed by atoms with van der Waals surface area (Å²) < 4.78 is 32.0. The third-order valence-corrected chi connectivity index (χ3v) is 3.32. The second-order valence-electron chi connectivity index (χ2n) is 3.43. The van der Waals surface area contributed by atoms with E-state index in [9.17, 15) is 8.42 Å². The fourth-order valence-corrected chi connectivity index (χ4v) is 1.99. The highest BCUT2D eigenvalue weighted by molar-refractivity contribution is 8.13. The van der Waals surface area contributed by atoms with Crippen LogP contribution in [-0.4, -0.2) is 20.2 Å². The van der Waals surface area contributed by atoms with E-state index in [4.69, 9.17) is 15.4 Å². The lowest BCUT2D eigenvalue weighted by atomic mass is 10.1. The lowest BCUT2D eigenvalue weighted by molar-refractivity contribution is 0.340. The maximum atomic E-state index is 11.0. The van der Waals surface area contributed by atoms with Crippen LogP contribution < -0.4 is 4.74 Å². The minimum Gasteiger partial charge on any atom is -0.494 e. The standard InChI is InChI=1S/C11H10ClNO4S/c1-2-16-9-5-3-8(4-6-9)10-7-11(17-13-10)18(12,14)15/h3-7H,2H2,1H3. The number of hydrogen-bond acceptors (Lipinski definition) is 5. The maximum Gasteiger partial charge on any atom is 0.297 e. The lowest BCUT2D eigenvalue weighted by Crippen LogP contribution is -1.90. The van der Waals surface area contributed by atoms with Crippen molar-refractivity contribution < 1.29 is 17.7 Å². The fourth-order valence-electron chi connectivity index (χ4n) is 1.40. The molecule has 0 aliphatic carbocycles. The summed E-state index contributed by atoms with van der Waals surface area (Å²) in [6, 6.07) is 8.32. The van der Waals surface area contributed by atoms with Crippen LogP contribution in [0.2, 0.25) is 0 Å². The molecule has 0 radical (unpaired) electrons. The summed E-state index contributed by atoms with van der Waals surface area (Å²) in [7, 11) is 1.26. The van der Waals surface area contributed by atoms with Crippen LogP contribution in [0.15, 0.2) is 39.9 Å². The molecule has 0 fully saturated rings. The van der Waals surface area contributed by atoms with Gasteiger partial charge >= 0.3 is 0 Å². The SMILES string of the molecule is CCOc1ccc(-c2cc(S(=O)(=O)Cl)on2)cc1. The van der Waals surface area contributed by atoms with Gasteiger partial charge in [-0.2, -0.15) is 0 Å². The molecule has 0 amide bonds. The Bertz CT molecular complexity index is 633. The average Bonchev–Trinajstić information content (AvgIpc) is 2.79. The van der Waals surface area contributed by atoms with Gasteiger partial charge in [-0.25, -0.2) is 8.42 Å². The van der Waals surface area contributed by atoms with Gasteiger partial charge in [0.2, 0.25) is 0 Å². The topological polar surface area (TPSA) is 69.4 Å². The Morgan fingerprint density at radius 2 is 2.00 bits per heavy atom. The highest BCUT2D eigenvalue weighted by Crippen LogP contribution is 2.25. The van der Waals surface area contributed by atoms with Crippen LogP contribution in [-0.2, 0) is 9.05 Å². The Morgan fingerprint density at radius 3 is 2.50 bits per heavy atom. The van der Waals surface area contributed by atoms with Crippen LogP contribution >= 0.6 is 10.7 Å². The van der Waals surface area contributed by atoms with Gasteiger partial charge in [0.1, 0.15) is 11.4 Å². The van der Waals surface area contributed by atoms with E-state index < -0.39 is 9.05 Å². The Hall–Kier alpha value is -1.53. The average molecular weight is 288 g/mol. The third kappa shape index (κ3) is 2.83. The van der Waals surface area contributed by atoms with Gasteiger partial charge in [-0.05, 0) is 31.2 Å². The predicted molar refractivity (Wildman–Crippen MR) is 66.1 cm³/mol. The first kappa shape index (κ1) is 12.9. The molecule has 2 rings (SSSR count). The molecule has 0 atom stereocenters. The summed E-state index contributed by atoms with van der Waals surface area (Å²) >= 11 is 0. The van der Waals surface area contributed by atoms with Gasteiger partial charge in [-0.3, -0.25) is 0 Å². The molecule has 96 valence electrons. The van der Waals surface area contributed by atoms with E-state index in [-0.39, 0.29) is 5.09 Å². The molecule has 0 spiro atoms. The minimum absolute atomic E-state index is 0.368. The van der Waals surface area contributed by atoms with Crippen molar-refractivity contribution in [1.82, 2.24) is 5.16 Å². The molecule has 0 aliphatic heterocycles. The maximum absolute atomic E-state index is 11.0. The van der Waals surface area contributed by atoms with E-state index in [0.29, 0.717) is 17.9 Å². The number of benzene rings is 1. The number of ether oxygens (including phenoxy) is 1. The highest BCUT2D eigenvalue weighted by atomic mass is 35.7. The van der Waals surface area contributed by atoms with Crippen LogP contribution in [0.25, 0.3) is 11.3 Å². The molecular formula is C11H10ClNO4S. The van der Waals surface area contributed by atoms with E-state index in [1.807, 2.05) is 6.92 Å². The summed E-state index contributed by atoms with van der Waals surface area (Å²) in [5.41, 5.74) is 1.12. The van der Waals surface area contributed by atoms with Crippen LogP contribution in [0.1, 0.15) is 6.92 Å². The summed E-state index contributed by atoms with van der Waals surface area (Å²) in [6.45, 7) is 2.47. The smallest absolute Gasteiger partial charge is 0.297 e. The number of nitrogens with zero attached hydrogens (tertiary/aromatic N) is 1. The van der Waals surface area contributed by atoms with Crippen molar-refractivity contribution >= 4 is 19.7 Å². The molecule has 0 N–H and O–H groups in total. The first-order valence-corrected chi connectivity index (χ1v) is 7.46. The van der Waals surface area contributed by atoms with E-state index in [1.165, 1.54) is 6.07 Å². The van der Waals surface area contributed by atoms with Gasteiger partial charge in [0.25, 0.3) is 14.1 Å². The molecule has 5 nitrogen and oxygen atoms in total. The minimum atomic E-state index is -3.89. The summed E-state index contributed by atoms with van der Waals surface area (Å²) in [5.74, 6) is 0.731. The highest BCUT2D eigenvalue weighted by Gasteiger charge is 2.17. The fraction of sp³-hybridized carbons (Fsp3) is 0.182. The quantitative estimate of drug-likeness (QED) is 0.809. The molecule has 2 aromatic rings. The lowest BCUT2D eigenvalue weighted by Gasteiger charge is -2.02. The molecular weight excluding hydrogens is 278 g/mol. The molecule has 0 saturated carbocycles. The number of hydrogen-bond donors (Lipinski definition) is 0. The van der Waals surface area contributed by atoms with Crippen molar-refractivity contribution in [1.29, 1.82) is 0 Å². The second kappa shape index (κ2) is 4.99. The van der Waals surface area contributed by atoms with Gasteiger partial charge in [-0.15, -0.1) is 0 Å². The van der Waals surface area contributed by atoms with Crippen molar-refractivity contribution in [3.05, 3.63) is 30.3 Å². The molecule has 1 heterocycles. The molecule has 1 aromatic heterocycles. The Labute approximate surface area is 109 Å². The van der Waals surface area contributed by atoms with E-state index in [2.05, 4.69) is 9.68 Å². The van der Waals surface area contributed by atoms with Crippen molar-refractivity contribution in [2.45, 2.75) is 12.0 Å². The predicted octanol–water partition coefficient (Wildman–Crippen LogP) is 2.67. The summed E-state index contributed by atoms with van der Waals surface area (Å²) in [4.78, 5) is 0. The van der Waals surface area contributed by atoms with E-state index in [1.54, 1.807) is 24.3 Å². The zero-order chi connectivity index (χ0) is 13.2. The number of halogens is 1. The van der Waals surface area contributed by atoms with Gasteiger partial charge in [-0.1, -0.05) is 5.16 Å². The molecule has 18 heavy (non-hydrogen) atoms. The van der Waals surface area contributed by atoms with Gasteiger partial charge in [0.05, 0.1) is 6.61 Å². The van der Waals surface area contributed by atoms with Gasteiger partial charge < -0.3 is 9.26 Å². The molecule has 7 heteroatoms. The molecule has 0 unspecified atom stereocenters. The number of aromatic nitrogens is 1. The first-order chi connectivity index (χ1) is 8.50. The van der Waals surface area contributed by atoms with E-state index >= 15 is 0 Å². The largest absolute Gasteiger partial charge is 0.494 e. The first-order valence-electron chi connectivity index (χ1n) is 5.15. The van der Waals surface area contributed by atoms with Crippen molar-refractivity contribution in [2.24, 2.45) is 0 Å². The van der Waals surface area contributed by atoms with Crippen LogP contribution in [0.3, 0.4) is 0 Å². The van der Waals surface area contributed by atoms with Crippen molar-refractivity contribution in [3.63, 3.8) is 0 Å². The van der Waals surface area contributed by atoms with Crippen molar-refractivity contribution in [2.75, 3.05) is 6.61 Å². The number of rotatable bonds is 4. The third-order valence-electron chi connectivity index (χ3n) is 2.19. The molecule has 0 aliphatic rings. The monoisotopic (exact) mass is 287 g/mol. The van der Waals surface area contributed by atoms with Crippen LogP contribution in [0.4, 0.5) is 0 Å². The van der Waals surface area contributed by atoms with Crippen molar-refractivity contribution in [3.8, 4) is 17.0 Å². The Balaban J connectivity index is 2.29. The normalized spacial score (nSPS) is 11.4. The van der Waals surface area contributed by atoms with Gasteiger partial charge in [0, 0.05) is 22.3 Å². The second-order valence-corrected chi connectivity index (χ2v) is 5.92. The van der Waals surface area contributed by atoms with E-state index in [0.717, 1.165) is 5.75 Å². The Morgan fingerprint density at radius 1 is 1.33 bits per heavy atom. The molecule has 1 aromatic carbocycles. The van der Waals surface area contributed by atoms with Crippen LogP contribution in [0, 0.1) is 0 Å². The summed E-state index contributed by atoms with van der Waals surface area (Å²) in [5, 5.41) is 3.28.